The van der Waals surface area contributed by atoms with Gasteiger partial charge in [-0.05, 0) is 89.7 Å². The predicted molar refractivity (Wildman–Crippen MR) is 144 cm³/mol. The lowest BCUT2D eigenvalue weighted by Crippen LogP contribution is -2.44. The van der Waals surface area contributed by atoms with Crippen LogP contribution >= 0.6 is 0 Å². The number of aryl methyl sites for hydroxylation is 3. The van der Waals surface area contributed by atoms with Crippen LogP contribution in [-0.2, 0) is 38.3 Å². The molecule has 3 aliphatic rings. The van der Waals surface area contributed by atoms with E-state index in [2.05, 4.69) is 17.4 Å². The van der Waals surface area contributed by atoms with Crippen molar-refractivity contribution in [1.82, 2.24) is 15.2 Å². The van der Waals surface area contributed by atoms with Crippen molar-refractivity contribution >= 4 is 18.2 Å². The molecule has 10 heteroatoms. The minimum atomic E-state index is -1.14. The number of alkyl carbamates (subject to hydrolysis) is 1. The fraction of sp³-hybridized carbons (Fsp3) is 0.724. The van der Waals surface area contributed by atoms with Crippen molar-refractivity contribution < 1.29 is 33.7 Å². The SMILES string of the molecule is CC(C)(C)OC(=O)N1CC[C@@H](OC(=O)NC(CCOC2CC(CCc3ccc4c(n3)CCCC4)C2)C(=O)O)C1. The Balaban J connectivity index is 1.09. The number of carboxylic acids is 1. The molecule has 4 rings (SSSR count). The maximum atomic E-state index is 12.3. The minimum absolute atomic E-state index is 0.130. The third-order valence-corrected chi connectivity index (χ3v) is 7.66. The number of carbonyl (C=O) groups is 3. The van der Waals surface area contributed by atoms with Gasteiger partial charge in [-0.2, -0.15) is 0 Å². The van der Waals surface area contributed by atoms with E-state index in [1.54, 1.807) is 20.8 Å². The van der Waals surface area contributed by atoms with E-state index in [1.807, 2.05) is 0 Å². The highest BCUT2D eigenvalue weighted by molar-refractivity contribution is 5.80. The average molecular weight is 546 g/mol. The van der Waals surface area contributed by atoms with E-state index >= 15 is 0 Å². The number of fused-ring (bicyclic) bond motifs is 1. The summed E-state index contributed by atoms with van der Waals surface area (Å²) in [7, 11) is 0. The highest BCUT2D eigenvalue weighted by Crippen LogP contribution is 2.34. The van der Waals surface area contributed by atoms with Gasteiger partial charge in [-0.25, -0.2) is 14.4 Å². The van der Waals surface area contributed by atoms with E-state index in [4.69, 9.17) is 19.2 Å². The first-order valence-electron chi connectivity index (χ1n) is 14.3. The zero-order valence-electron chi connectivity index (χ0n) is 23.4. The summed E-state index contributed by atoms with van der Waals surface area (Å²) in [5.74, 6) is -0.538. The summed E-state index contributed by atoms with van der Waals surface area (Å²) in [6, 6.07) is 3.32. The Hall–Kier alpha value is -2.88. The molecule has 10 nitrogen and oxygen atoms in total. The standard InChI is InChI=1S/C29H43N3O7/c1-29(2,3)39-28(36)32-14-12-22(18-32)38-27(35)31-25(26(33)34)13-15-37-23-16-19(17-23)8-10-21-11-9-20-6-4-5-7-24(20)30-21/h9,11,19,22-23,25H,4-8,10,12-18H2,1-3H3,(H,31,35)(H,33,34)/t19?,22-,23?,25?/m1/s1. The maximum absolute atomic E-state index is 12.3. The Bertz CT molecular complexity index is 1020. The maximum Gasteiger partial charge on any atom is 0.410 e. The van der Waals surface area contributed by atoms with E-state index in [1.165, 1.54) is 34.7 Å². The van der Waals surface area contributed by atoms with Crippen LogP contribution in [0.15, 0.2) is 12.1 Å². The zero-order valence-corrected chi connectivity index (χ0v) is 23.4. The Morgan fingerprint density at radius 2 is 1.92 bits per heavy atom. The Morgan fingerprint density at radius 1 is 1.15 bits per heavy atom. The number of hydrogen-bond donors (Lipinski definition) is 2. The summed E-state index contributed by atoms with van der Waals surface area (Å²) in [4.78, 5) is 42.5. The normalized spacial score (nSPS) is 23.4. The first kappa shape index (κ1) is 29.1. The quantitative estimate of drug-likeness (QED) is 0.446. The third-order valence-electron chi connectivity index (χ3n) is 7.66. The van der Waals surface area contributed by atoms with Gasteiger partial charge in [0.1, 0.15) is 17.7 Å². The first-order valence-corrected chi connectivity index (χ1v) is 14.3. The zero-order chi connectivity index (χ0) is 28.0. The van der Waals surface area contributed by atoms with Crippen molar-refractivity contribution in [3.8, 4) is 0 Å². The lowest BCUT2D eigenvalue weighted by Gasteiger charge is -2.35. The van der Waals surface area contributed by atoms with Gasteiger partial charge in [0, 0.05) is 37.4 Å². The summed E-state index contributed by atoms with van der Waals surface area (Å²) >= 11 is 0. The monoisotopic (exact) mass is 545 g/mol. The van der Waals surface area contributed by atoms with Gasteiger partial charge in [-0.1, -0.05) is 6.07 Å². The molecule has 0 bridgehead atoms. The molecule has 2 fully saturated rings. The highest BCUT2D eigenvalue weighted by atomic mass is 16.6. The predicted octanol–water partition coefficient (Wildman–Crippen LogP) is 4.27. The van der Waals surface area contributed by atoms with Crippen LogP contribution in [0, 0.1) is 5.92 Å². The van der Waals surface area contributed by atoms with Crippen molar-refractivity contribution in [2.45, 2.75) is 109 Å². The molecule has 216 valence electrons. The van der Waals surface area contributed by atoms with Crippen LogP contribution in [-0.4, -0.2) is 76.7 Å². The highest BCUT2D eigenvalue weighted by Gasteiger charge is 2.33. The summed E-state index contributed by atoms with van der Waals surface area (Å²) in [6.45, 7) is 6.24. The van der Waals surface area contributed by atoms with Gasteiger partial charge in [0.05, 0.1) is 12.6 Å². The molecule has 2 amide bonds. The van der Waals surface area contributed by atoms with Crippen LogP contribution in [0.25, 0.3) is 0 Å². The van der Waals surface area contributed by atoms with Crippen molar-refractivity contribution in [3.63, 3.8) is 0 Å². The molecule has 1 saturated heterocycles. The summed E-state index contributed by atoms with van der Waals surface area (Å²) in [6.07, 6.45) is 7.73. The fourth-order valence-corrected chi connectivity index (χ4v) is 5.42. The van der Waals surface area contributed by atoms with Crippen molar-refractivity contribution in [3.05, 3.63) is 29.1 Å². The number of carboxylic acid groups (broad SMARTS) is 1. The molecule has 2 N–H and O–H groups in total. The topological polar surface area (TPSA) is 127 Å². The number of aliphatic carboxylic acids is 1. The van der Waals surface area contributed by atoms with Crippen LogP contribution in [0.1, 0.15) is 82.7 Å². The number of ether oxygens (including phenoxy) is 3. The molecule has 2 aliphatic carbocycles. The molecule has 2 atom stereocenters. The van der Waals surface area contributed by atoms with E-state index in [9.17, 15) is 19.5 Å². The second-order valence-corrected chi connectivity index (χ2v) is 12.1. The van der Waals surface area contributed by atoms with E-state index in [0.717, 1.165) is 38.5 Å². The molecule has 0 aromatic carbocycles. The van der Waals surface area contributed by atoms with Crippen LogP contribution in [0.2, 0.25) is 0 Å². The smallest absolute Gasteiger partial charge is 0.410 e. The minimum Gasteiger partial charge on any atom is -0.480 e. The van der Waals surface area contributed by atoms with Gasteiger partial charge < -0.3 is 29.5 Å². The molecule has 1 saturated carbocycles. The number of nitrogens with zero attached hydrogens (tertiary/aromatic N) is 2. The van der Waals surface area contributed by atoms with E-state index in [-0.39, 0.29) is 25.7 Å². The van der Waals surface area contributed by atoms with Gasteiger partial charge in [0.15, 0.2) is 0 Å². The summed E-state index contributed by atoms with van der Waals surface area (Å²) < 4.78 is 16.6. The molecule has 39 heavy (non-hydrogen) atoms. The lowest BCUT2D eigenvalue weighted by molar-refractivity contribution is -0.140. The van der Waals surface area contributed by atoms with Gasteiger partial charge >= 0.3 is 18.2 Å². The summed E-state index contributed by atoms with van der Waals surface area (Å²) in [5, 5.41) is 12.0. The lowest BCUT2D eigenvalue weighted by atomic mass is 9.79. The fourth-order valence-electron chi connectivity index (χ4n) is 5.42. The molecule has 1 aromatic heterocycles. The number of likely N-dealkylation sites (tertiary alicyclic amines) is 1. The Labute approximate surface area is 230 Å². The molecule has 0 spiro atoms. The number of hydrogen-bond acceptors (Lipinski definition) is 7. The number of amides is 2. The second kappa shape index (κ2) is 13.0. The number of pyridine rings is 1. The number of rotatable bonds is 10. The van der Waals surface area contributed by atoms with Crippen molar-refractivity contribution in [2.24, 2.45) is 5.92 Å². The largest absolute Gasteiger partial charge is 0.480 e. The van der Waals surface area contributed by atoms with E-state index < -0.39 is 35.9 Å². The Kier molecular flexibility index (Phi) is 9.69. The van der Waals surface area contributed by atoms with Gasteiger partial charge in [0.2, 0.25) is 0 Å². The Morgan fingerprint density at radius 3 is 2.67 bits per heavy atom. The molecular weight excluding hydrogens is 502 g/mol. The average Bonchev–Trinajstić information content (AvgIpc) is 3.31. The van der Waals surface area contributed by atoms with Crippen molar-refractivity contribution in [2.75, 3.05) is 19.7 Å². The summed E-state index contributed by atoms with van der Waals surface area (Å²) in [5.41, 5.74) is 3.26. The van der Waals surface area contributed by atoms with Gasteiger partial charge in [0.25, 0.3) is 0 Å². The number of aromatic nitrogens is 1. The van der Waals surface area contributed by atoms with Gasteiger partial charge in [-0.15, -0.1) is 0 Å². The number of carbonyl (C=O) groups excluding carboxylic acids is 2. The molecule has 1 aliphatic heterocycles. The van der Waals surface area contributed by atoms with Crippen LogP contribution in [0.4, 0.5) is 9.59 Å². The second-order valence-electron chi connectivity index (χ2n) is 12.1. The molecule has 1 aromatic rings. The molecule has 1 unspecified atom stereocenters. The van der Waals surface area contributed by atoms with E-state index in [0.29, 0.717) is 18.9 Å². The third kappa shape index (κ3) is 8.81. The molecule has 2 heterocycles. The number of nitrogens with one attached hydrogen (secondary N) is 1. The molecular formula is C29H43N3O7. The van der Waals surface area contributed by atoms with Gasteiger partial charge in [-0.3, -0.25) is 4.98 Å². The first-order chi connectivity index (χ1) is 18.6. The van der Waals surface area contributed by atoms with Crippen molar-refractivity contribution in [1.29, 1.82) is 0 Å². The van der Waals surface area contributed by atoms with Crippen LogP contribution in [0.5, 0.6) is 0 Å². The van der Waals surface area contributed by atoms with Crippen LogP contribution in [0.3, 0.4) is 0 Å². The van der Waals surface area contributed by atoms with Crippen LogP contribution < -0.4 is 5.32 Å². The molecule has 0 radical (unpaired) electrons.